The molecule has 2 unspecified atom stereocenters. The molecule has 0 bridgehead atoms. The average Bonchev–Trinajstić information content (AvgIpc) is 2.54. The zero-order valence-corrected chi connectivity index (χ0v) is 12.5. The molecule has 1 aromatic heterocycles. The van der Waals surface area contributed by atoms with Gasteiger partial charge >= 0.3 is 0 Å². The summed E-state index contributed by atoms with van der Waals surface area (Å²) < 4.78 is 11.5. The van der Waals surface area contributed by atoms with Crippen LogP contribution < -0.4 is 0 Å². The second-order valence-corrected chi connectivity index (χ2v) is 6.36. The Morgan fingerprint density at radius 2 is 2.19 bits per heavy atom. The summed E-state index contributed by atoms with van der Waals surface area (Å²) in [4.78, 5) is 4.13. The largest absolute Gasteiger partial charge is 0.393 e. The lowest BCUT2D eigenvalue weighted by Gasteiger charge is -2.44. The summed E-state index contributed by atoms with van der Waals surface area (Å²) in [6, 6.07) is 4.02. The van der Waals surface area contributed by atoms with Crippen molar-refractivity contribution < 1.29 is 14.6 Å². The Bertz CT molecular complexity index is 425. The molecule has 2 fully saturated rings. The highest BCUT2D eigenvalue weighted by atomic mass is 16.5. The molecule has 4 nitrogen and oxygen atoms in total. The first-order valence-corrected chi connectivity index (χ1v) is 8.06. The number of aryl methyl sites for hydroxylation is 1. The van der Waals surface area contributed by atoms with E-state index >= 15 is 0 Å². The number of nitrogens with zero attached hydrogens (tertiary/aromatic N) is 1. The number of hydrogen-bond acceptors (Lipinski definition) is 4. The second kappa shape index (κ2) is 6.86. The van der Waals surface area contributed by atoms with Gasteiger partial charge in [-0.2, -0.15) is 0 Å². The van der Waals surface area contributed by atoms with Crippen LogP contribution in [0.25, 0.3) is 0 Å². The summed E-state index contributed by atoms with van der Waals surface area (Å²) in [5, 5.41) is 10.5. The number of hydrogen-bond donors (Lipinski definition) is 1. The molecule has 4 heteroatoms. The zero-order chi connectivity index (χ0) is 14.5. The molecule has 3 rings (SSSR count). The van der Waals surface area contributed by atoms with Gasteiger partial charge in [-0.3, -0.25) is 4.98 Å². The van der Waals surface area contributed by atoms with Crippen molar-refractivity contribution in [2.45, 2.75) is 50.2 Å². The van der Waals surface area contributed by atoms with E-state index in [0.717, 1.165) is 58.3 Å². The summed E-state index contributed by atoms with van der Waals surface area (Å²) in [5.41, 5.74) is 1.17. The van der Waals surface area contributed by atoms with Crippen LogP contribution >= 0.6 is 0 Å². The van der Waals surface area contributed by atoms with Gasteiger partial charge in [0.15, 0.2) is 0 Å². The van der Waals surface area contributed by atoms with Crippen LogP contribution in [0.5, 0.6) is 0 Å². The molecule has 2 aliphatic rings. The van der Waals surface area contributed by atoms with Gasteiger partial charge in [-0.15, -0.1) is 0 Å². The van der Waals surface area contributed by atoms with E-state index in [1.807, 2.05) is 12.3 Å². The average molecular weight is 291 g/mol. The van der Waals surface area contributed by atoms with Crippen LogP contribution in [0.2, 0.25) is 0 Å². The molecule has 2 atom stereocenters. The predicted molar refractivity (Wildman–Crippen MR) is 80.0 cm³/mol. The van der Waals surface area contributed by atoms with Crippen LogP contribution in [0.1, 0.15) is 37.7 Å². The zero-order valence-electron chi connectivity index (χ0n) is 12.5. The second-order valence-electron chi connectivity index (χ2n) is 6.36. The fourth-order valence-electron chi connectivity index (χ4n) is 3.58. The van der Waals surface area contributed by atoms with Gasteiger partial charge in [-0.05, 0) is 56.1 Å². The Labute approximate surface area is 126 Å². The number of ether oxygens (including phenoxy) is 2. The molecule has 1 spiro atoms. The lowest BCUT2D eigenvalue weighted by Crippen LogP contribution is -2.46. The normalized spacial score (nSPS) is 26.6. The SMILES string of the molecule is OC(CCc1cccnc1)C1CCOC2(CCOCC2)C1. The Morgan fingerprint density at radius 1 is 1.33 bits per heavy atom. The minimum atomic E-state index is -0.242. The van der Waals surface area contributed by atoms with E-state index in [0.29, 0.717) is 5.92 Å². The summed E-state index contributed by atoms with van der Waals surface area (Å²) in [6.45, 7) is 2.35. The molecule has 2 aliphatic heterocycles. The molecule has 2 saturated heterocycles. The maximum atomic E-state index is 10.5. The van der Waals surface area contributed by atoms with E-state index < -0.39 is 0 Å². The van der Waals surface area contributed by atoms with Crippen molar-refractivity contribution in [3.8, 4) is 0 Å². The summed E-state index contributed by atoms with van der Waals surface area (Å²) in [6.07, 6.45) is 9.02. The van der Waals surface area contributed by atoms with Crippen LogP contribution in [0.4, 0.5) is 0 Å². The number of rotatable bonds is 4. The molecule has 0 aliphatic carbocycles. The third kappa shape index (κ3) is 3.82. The van der Waals surface area contributed by atoms with Crippen LogP contribution in [0.15, 0.2) is 24.5 Å². The topological polar surface area (TPSA) is 51.6 Å². The minimum Gasteiger partial charge on any atom is -0.393 e. The molecule has 21 heavy (non-hydrogen) atoms. The van der Waals surface area contributed by atoms with Gasteiger partial charge in [0.1, 0.15) is 0 Å². The number of aliphatic hydroxyl groups excluding tert-OH is 1. The fraction of sp³-hybridized carbons (Fsp3) is 0.706. The highest BCUT2D eigenvalue weighted by Crippen LogP contribution is 2.38. The first-order valence-electron chi connectivity index (χ1n) is 8.06. The summed E-state index contributed by atoms with van der Waals surface area (Å²) in [5.74, 6) is 0.355. The maximum Gasteiger partial charge on any atom is 0.0730 e. The molecule has 0 saturated carbocycles. The fourth-order valence-corrected chi connectivity index (χ4v) is 3.58. The highest BCUT2D eigenvalue weighted by molar-refractivity contribution is 5.08. The van der Waals surface area contributed by atoms with Crippen LogP contribution in [0.3, 0.4) is 0 Å². The van der Waals surface area contributed by atoms with Crippen molar-refractivity contribution in [2.24, 2.45) is 5.92 Å². The van der Waals surface area contributed by atoms with Crippen molar-refractivity contribution in [3.05, 3.63) is 30.1 Å². The van der Waals surface area contributed by atoms with Crippen molar-refractivity contribution >= 4 is 0 Å². The number of aliphatic hydroxyl groups is 1. The third-order valence-electron chi connectivity index (χ3n) is 4.93. The van der Waals surface area contributed by atoms with E-state index in [-0.39, 0.29) is 11.7 Å². The van der Waals surface area contributed by atoms with Gasteiger partial charge in [0, 0.05) is 32.2 Å². The van der Waals surface area contributed by atoms with Gasteiger partial charge < -0.3 is 14.6 Å². The van der Waals surface area contributed by atoms with Crippen molar-refractivity contribution in [1.29, 1.82) is 0 Å². The van der Waals surface area contributed by atoms with E-state index in [2.05, 4.69) is 11.1 Å². The van der Waals surface area contributed by atoms with E-state index in [1.165, 1.54) is 5.56 Å². The van der Waals surface area contributed by atoms with Crippen molar-refractivity contribution in [2.75, 3.05) is 19.8 Å². The molecule has 116 valence electrons. The first kappa shape index (κ1) is 14.9. The van der Waals surface area contributed by atoms with Gasteiger partial charge in [0.05, 0.1) is 11.7 Å². The molecule has 1 aromatic rings. The van der Waals surface area contributed by atoms with Crippen LogP contribution in [-0.4, -0.2) is 41.6 Å². The van der Waals surface area contributed by atoms with Crippen LogP contribution in [-0.2, 0) is 15.9 Å². The molecule has 3 heterocycles. The summed E-state index contributed by atoms with van der Waals surface area (Å²) in [7, 11) is 0. The van der Waals surface area contributed by atoms with Gasteiger partial charge in [0.25, 0.3) is 0 Å². The molecule has 0 amide bonds. The maximum absolute atomic E-state index is 10.5. The quantitative estimate of drug-likeness (QED) is 0.925. The van der Waals surface area contributed by atoms with Gasteiger partial charge in [-0.25, -0.2) is 0 Å². The number of pyridine rings is 1. The standard InChI is InChI=1S/C17H25NO3/c19-16(4-3-14-2-1-8-18-13-14)15-5-9-21-17(12-15)6-10-20-11-7-17/h1-2,8,13,15-16,19H,3-7,9-12H2. The minimum absolute atomic E-state index is 0.0313. The lowest BCUT2D eigenvalue weighted by atomic mass is 9.77. The predicted octanol–water partition coefficient (Wildman–Crippen LogP) is 2.35. The van der Waals surface area contributed by atoms with Crippen molar-refractivity contribution in [3.63, 3.8) is 0 Å². The molecular formula is C17H25NO3. The van der Waals surface area contributed by atoms with E-state index in [4.69, 9.17) is 9.47 Å². The Morgan fingerprint density at radius 3 is 2.95 bits per heavy atom. The van der Waals surface area contributed by atoms with Gasteiger partial charge in [-0.1, -0.05) is 6.07 Å². The molecule has 0 aromatic carbocycles. The Balaban J connectivity index is 1.53. The van der Waals surface area contributed by atoms with Crippen molar-refractivity contribution in [1.82, 2.24) is 4.98 Å². The lowest BCUT2D eigenvalue weighted by molar-refractivity contribution is -0.158. The molecule has 1 N–H and O–H groups in total. The molecule has 0 radical (unpaired) electrons. The number of aromatic nitrogens is 1. The third-order valence-corrected chi connectivity index (χ3v) is 4.93. The Kier molecular flexibility index (Phi) is 4.88. The Hall–Kier alpha value is -0.970. The monoisotopic (exact) mass is 291 g/mol. The smallest absolute Gasteiger partial charge is 0.0730 e. The van der Waals surface area contributed by atoms with E-state index in [1.54, 1.807) is 6.20 Å². The first-order chi connectivity index (χ1) is 10.3. The molecular weight excluding hydrogens is 266 g/mol. The van der Waals surface area contributed by atoms with E-state index in [9.17, 15) is 5.11 Å². The van der Waals surface area contributed by atoms with Crippen LogP contribution in [0, 0.1) is 5.92 Å². The van der Waals surface area contributed by atoms with Gasteiger partial charge in [0.2, 0.25) is 0 Å². The summed E-state index contributed by atoms with van der Waals surface area (Å²) >= 11 is 0. The highest BCUT2D eigenvalue weighted by Gasteiger charge is 2.40.